The zero-order chi connectivity index (χ0) is 23.4. The van der Waals surface area contributed by atoms with Gasteiger partial charge in [0.1, 0.15) is 11.6 Å². The van der Waals surface area contributed by atoms with Crippen molar-refractivity contribution in [2.24, 2.45) is 5.73 Å². The number of hydrogen-bond donors (Lipinski definition) is 3. The molecule has 0 unspecified atom stereocenters. The van der Waals surface area contributed by atoms with E-state index in [4.69, 9.17) is 10.5 Å². The Morgan fingerprint density at radius 3 is 2.42 bits per heavy atom. The Labute approximate surface area is 183 Å². The minimum absolute atomic E-state index is 0.0492. The number of carbonyl (C=O) groups is 4. The monoisotopic (exact) mass is 435 g/mol. The van der Waals surface area contributed by atoms with Crippen LogP contribution in [-0.4, -0.2) is 42.6 Å². The first kappa shape index (κ1) is 25.9. The van der Waals surface area contributed by atoms with E-state index in [1.54, 1.807) is 26.8 Å². The van der Waals surface area contributed by atoms with Crippen LogP contribution in [0.2, 0.25) is 0 Å². The van der Waals surface area contributed by atoms with E-state index in [9.17, 15) is 19.2 Å². The van der Waals surface area contributed by atoms with Crippen LogP contribution in [-0.2, 0) is 30.3 Å². The quantitative estimate of drug-likeness (QED) is 0.361. The third-order valence-corrected chi connectivity index (χ3v) is 4.21. The smallest absolute Gasteiger partial charge is 0.408 e. The minimum Gasteiger partial charge on any atom is -0.469 e. The molecule has 31 heavy (non-hydrogen) atoms. The van der Waals surface area contributed by atoms with E-state index >= 15 is 0 Å². The molecule has 3 amide bonds. The van der Waals surface area contributed by atoms with Gasteiger partial charge in [0, 0.05) is 18.5 Å². The van der Waals surface area contributed by atoms with Crippen LogP contribution >= 0.6 is 0 Å². The molecule has 0 fully saturated rings. The normalized spacial score (nSPS) is 11.9. The van der Waals surface area contributed by atoms with Gasteiger partial charge in [0.25, 0.3) is 0 Å². The summed E-state index contributed by atoms with van der Waals surface area (Å²) in [6.07, 6.45) is 1.84. The summed E-state index contributed by atoms with van der Waals surface area (Å²) in [6, 6.07) is 6.32. The van der Waals surface area contributed by atoms with Crippen LogP contribution in [0, 0.1) is 0 Å². The number of anilines is 1. The lowest BCUT2D eigenvalue weighted by Gasteiger charge is -2.23. The highest BCUT2D eigenvalue weighted by molar-refractivity contribution is 5.96. The number of carbonyl (C=O) groups excluding carboxylic acids is 4. The van der Waals surface area contributed by atoms with Crippen molar-refractivity contribution < 1.29 is 28.7 Å². The number of unbranched alkanes of at least 4 members (excludes halogenated alkanes) is 1. The lowest BCUT2D eigenvalue weighted by molar-refractivity contribution is -0.140. The van der Waals surface area contributed by atoms with Crippen LogP contribution in [0.25, 0.3) is 0 Å². The number of esters is 1. The maximum atomic E-state index is 12.7. The topological polar surface area (TPSA) is 137 Å². The molecule has 0 spiro atoms. The molecule has 0 aliphatic carbocycles. The molecule has 9 nitrogen and oxygen atoms in total. The molecule has 0 radical (unpaired) electrons. The molecule has 0 aliphatic rings. The van der Waals surface area contributed by atoms with Gasteiger partial charge in [-0.05, 0) is 64.2 Å². The van der Waals surface area contributed by atoms with Crippen molar-refractivity contribution in [1.29, 1.82) is 0 Å². The van der Waals surface area contributed by atoms with Gasteiger partial charge in [0.2, 0.25) is 11.8 Å². The van der Waals surface area contributed by atoms with Crippen molar-refractivity contribution >= 4 is 29.6 Å². The van der Waals surface area contributed by atoms with Gasteiger partial charge in [0.05, 0.1) is 7.11 Å². The van der Waals surface area contributed by atoms with Crippen LogP contribution in [0.15, 0.2) is 24.3 Å². The Bertz CT molecular complexity index is 773. The molecule has 0 aromatic heterocycles. The molecule has 0 bridgehead atoms. The molecule has 1 aromatic carbocycles. The second-order valence-electron chi connectivity index (χ2n) is 8.18. The third-order valence-electron chi connectivity index (χ3n) is 4.21. The number of nitrogens with one attached hydrogen (secondary N) is 2. The predicted molar refractivity (Wildman–Crippen MR) is 116 cm³/mol. The summed E-state index contributed by atoms with van der Waals surface area (Å²) in [6.45, 7) is 5.13. The van der Waals surface area contributed by atoms with Gasteiger partial charge >= 0.3 is 12.1 Å². The lowest BCUT2D eigenvalue weighted by Crippen LogP contribution is -2.46. The number of ether oxygens (including phenoxy) is 2. The van der Waals surface area contributed by atoms with Crippen molar-refractivity contribution in [2.75, 3.05) is 12.4 Å². The van der Waals surface area contributed by atoms with Gasteiger partial charge in [-0.25, -0.2) is 4.79 Å². The van der Waals surface area contributed by atoms with Gasteiger partial charge in [0.15, 0.2) is 0 Å². The van der Waals surface area contributed by atoms with Crippen molar-refractivity contribution in [2.45, 2.75) is 70.9 Å². The molecule has 0 aliphatic heterocycles. The molecular weight excluding hydrogens is 402 g/mol. The summed E-state index contributed by atoms with van der Waals surface area (Å²) in [5.74, 6) is -1.28. The second-order valence-corrected chi connectivity index (χ2v) is 8.18. The average molecular weight is 436 g/mol. The van der Waals surface area contributed by atoms with E-state index in [0.717, 1.165) is 18.4 Å². The maximum Gasteiger partial charge on any atom is 0.408 e. The molecule has 1 rings (SSSR count). The highest BCUT2D eigenvalue weighted by atomic mass is 16.6. The highest BCUT2D eigenvalue weighted by Gasteiger charge is 2.25. The fourth-order valence-corrected chi connectivity index (χ4v) is 2.74. The van der Waals surface area contributed by atoms with E-state index in [-0.39, 0.29) is 18.8 Å². The summed E-state index contributed by atoms with van der Waals surface area (Å²) in [7, 11) is 1.36. The summed E-state index contributed by atoms with van der Waals surface area (Å²) in [5, 5.41) is 5.25. The van der Waals surface area contributed by atoms with Crippen LogP contribution in [0.5, 0.6) is 0 Å². The molecule has 0 saturated heterocycles. The van der Waals surface area contributed by atoms with Gasteiger partial charge in [-0.1, -0.05) is 12.1 Å². The van der Waals surface area contributed by atoms with E-state index in [0.29, 0.717) is 18.5 Å². The number of nitrogens with two attached hydrogens (primary N) is 1. The average Bonchev–Trinajstić information content (AvgIpc) is 2.66. The highest BCUT2D eigenvalue weighted by Crippen LogP contribution is 2.15. The van der Waals surface area contributed by atoms with Gasteiger partial charge in [-0.2, -0.15) is 0 Å². The first-order valence-electron chi connectivity index (χ1n) is 10.2. The molecule has 4 N–H and O–H groups in total. The predicted octanol–water partition coefficient (Wildman–Crippen LogP) is 2.67. The molecule has 0 heterocycles. The van der Waals surface area contributed by atoms with Gasteiger partial charge in [-0.3, -0.25) is 14.4 Å². The zero-order valence-electron chi connectivity index (χ0n) is 18.7. The van der Waals surface area contributed by atoms with E-state index in [1.165, 1.54) is 7.11 Å². The van der Waals surface area contributed by atoms with Crippen LogP contribution in [0.1, 0.15) is 58.4 Å². The lowest BCUT2D eigenvalue weighted by atomic mass is 10.1. The molecule has 0 saturated carbocycles. The fraction of sp³-hybridized carbons (Fsp3) is 0.545. The zero-order valence-corrected chi connectivity index (χ0v) is 18.7. The summed E-state index contributed by atoms with van der Waals surface area (Å²) in [4.78, 5) is 47.1. The number of benzene rings is 1. The van der Waals surface area contributed by atoms with Crippen molar-refractivity contribution in [1.82, 2.24) is 5.32 Å². The Kier molecular flexibility index (Phi) is 10.5. The molecule has 1 aromatic rings. The number of alkyl carbamates (subject to hydrolysis) is 1. The number of aryl methyl sites for hydroxylation is 1. The summed E-state index contributed by atoms with van der Waals surface area (Å²) in [5.41, 5.74) is 6.02. The van der Waals surface area contributed by atoms with Crippen molar-refractivity contribution in [3.8, 4) is 0 Å². The standard InChI is InChI=1S/C22H33N3O6/c1-22(2,3)31-21(29)25-17(12-13-18(23)26)20(28)24-16-10-7-9-15(14-16)8-5-6-11-19(27)30-4/h7,9-10,14,17H,5-6,8,11-13H2,1-4H3,(H2,23,26)(H,24,28)(H,25,29)/t17-/m0/s1. The summed E-state index contributed by atoms with van der Waals surface area (Å²) >= 11 is 0. The first-order valence-corrected chi connectivity index (χ1v) is 10.2. The molecule has 1 atom stereocenters. The van der Waals surface area contributed by atoms with Crippen LogP contribution in [0.4, 0.5) is 10.5 Å². The fourth-order valence-electron chi connectivity index (χ4n) is 2.74. The first-order chi connectivity index (χ1) is 14.5. The van der Waals surface area contributed by atoms with Crippen LogP contribution < -0.4 is 16.4 Å². The van der Waals surface area contributed by atoms with Crippen molar-refractivity contribution in [3.05, 3.63) is 29.8 Å². The van der Waals surface area contributed by atoms with Gasteiger partial charge < -0.3 is 25.8 Å². The number of methoxy groups -OCH3 is 1. The Hall–Kier alpha value is -3.10. The third kappa shape index (κ3) is 11.6. The molecule has 172 valence electrons. The van der Waals surface area contributed by atoms with Crippen LogP contribution in [0.3, 0.4) is 0 Å². The molecular formula is C22H33N3O6. The maximum absolute atomic E-state index is 12.7. The summed E-state index contributed by atoms with van der Waals surface area (Å²) < 4.78 is 9.82. The number of rotatable bonds is 11. The Morgan fingerprint density at radius 2 is 1.81 bits per heavy atom. The van der Waals surface area contributed by atoms with Crippen molar-refractivity contribution in [3.63, 3.8) is 0 Å². The second kappa shape index (κ2) is 12.6. The number of amides is 3. The largest absolute Gasteiger partial charge is 0.469 e. The van der Waals surface area contributed by atoms with E-state index in [1.807, 2.05) is 18.2 Å². The van der Waals surface area contributed by atoms with E-state index < -0.39 is 29.6 Å². The Balaban J connectivity index is 2.72. The number of hydrogen-bond acceptors (Lipinski definition) is 6. The number of primary amides is 1. The Morgan fingerprint density at radius 1 is 1.10 bits per heavy atom. The minimum atomic E-state index is -0.980. The van der Waals surface area contributed by atoms with Gasteiger partial charge in [-0.15, -0.1) is 0 Å². The van der Waals surface area contributed by atoms with E-state index in [2.05, 4.69) is 15.4 Å². The SMILES string of the molecule is COC(=O)CCCCc1cccc(NC(=O)[C@H](CCC(N)=O)NC(=O)OC(C)(C)C)c1. The molecule has 9 heteroatoms.